The lowest BCUT2D eigenvalue weighted by atomic mass is 10.1. The Morgan fingerprint density at radius 3 is 2.92 bits per heavy atom. The molecule has 1 atom stereocenters. The summed E-state index contributed by atoms with van der Waals surface area (Å²) in [6.45, 7) is 3.20. The smallest absolute Gasteiger partial charge is 0.259 e. The van der Waals surface area contributed by atoms with E-state index < -0.39 is 0 Å². The Morgan fingerprint density at radius 1 is 1.16 bits per heavy atom. The largest absolute Gasteiger partial charge is 0.463 e. The fourth-order valence-electron chi connectivity index (χ4n) is 3.06. The molecule has 0 saturated carbocycles. The second-order valence-electron chi connectivity index (χ2n) is 6.00. The van der Waals surface area contributed by atoms with Gasteiger partial charge < -0.3 is 18.2 Å². The first-order valence-electron chi connectivity index (χ1n) is 8.02. The third-order valence-corrected chi connectivity index (χ3v) is 4.36. The highest BCUT2D eigenvalue weighted by Crippen LogP contribution is 2.34. The van der Waals surface area contributed by atoms with Gasteiger partial charge in [0.2, 0.25) is 0 Å². The van der Waals surface area contributed by atoms with Crippen LogP contribution in [0.3, 0.4) is 0 Å². The van der Waals surface area contributed by atoms with Gasteiger partial charge >= 0.3 is 0 Å². The zero-order chi connectivity index (χ0) is 16.8. The molecule has 25 heavy (non-hydrogen) atoms. The van der Waals surface area contributed by atoms with E-state index >= 15 is 0 Å². The fourth-order valence-corrected chi connectivity index (χ4v) is 3.06. The highest BCUT2D eigenvalue weighted by Gasteiger charge is 2.25. The summed E-state index contributed by atoms with van der Waals surface area (Å²) in [5.74, 6) is 1.86. The van der Waals surface area contributed by atoms with E-state index in [9.17, 15) is 0 Å². The molecule has 4 aromatic rings. The molecule has 0 unspecified atom stereocenters. The summed E-state index contributed by atoms with van der Waals surface area (Å²) in [5, 5.41) is 8.90. The van der Waals surface area contributed by atoms with Gasteiger partial charge in [-0.1, -0.05) is 10.3 Å². The van der Waals surface area contributed by atoms with Crippen LogP contribution in [0, 0.1) is 6.92 Å². The van der Waals surface area contributed by atoms with Crippen molar-refractivity contribution in [3.8, 4) is 22.9 Å². The lowest BCUT2D eigenvalue weighted by molar-refractivity contribution is 0.192. The number of pyridine rings is 1. The second-order valence-corrected chi connectivity index (χ2v) is 6.00. The zero-order valence-electron chi connectivity index (χ0n) is 13.4. The molecule has 5 heterocycles. The van der Waals surface area contributed by atoms with Gasteiger partial charge in [-0.2, -0.15) is 4.98 Å². The van der Waals surface area contributed by atoms with Crippen molar-refractivity contribution >= 4 is 11.1 Å². The number of nitrogens with zero attached hydrogens (tertiary/aromatic N) is 4. The Labute approximate surface area is 141 Å². The third kappa shape index (κ3) is 2.33. The average Bonchev–Trinajstić information content (AvgIpc) is 3.40. The topological polar surface area (TPSA) is 100 Å². The number of ether oxygens (including phenoxy) is 1. The zero-order valence-corrected chi connectivity index (χ0v) is 13.4. The number of aryl methyl sites for hydroxylation is 1. The van der Waals surface area contributed by atoms with Crippen LogP contribution in [-0.4, -0.2) is 33.5 Å². The van der Waals surface area contributed by atoms with Crippen LogP contribution in [0.2, 0.25) is 0 Å². The number of rotatable bonds is 3. The maximum Gasteiger partial charge on any atom is 0.259 e. The van der Waals surface area contributed by atoms with E-state index in [1.165, 1.54) is 0 Å². The van der Waals surface area contributed by atoms with Crippen molar-refractivity contribution < 1.29 is 18.2 Å². The average molecular weight is 338 g/mol. The van der Waals surface area contributed by atoms with Crippen molar-refractivity contribution in [2.24, 2.45) is 0 Å². The minimum atomic E-state index is 0.169. The normalized spacial score (nSPS) is 17.6. The van der Waals surface area contributed by atoms with Crippen LogP contribution >= 0.6 is 0 Å². The second kappa shape index (κ2) is 5.52. The van der Waals surface area contributed by atoms with Crippen LogP contribution in [0.5, 0.6) is 0 Å². The van der Waals surface area contributed by atoms with Crippen LogP contribution in [-0.2, 0) is 4.74 Å². The molecular formula is C17H14N4O4. The molecule has 1 saturated heterocycles. The van der Waals surface area contributed by atoms with E-state index in [-0.39, 0.29) is 5.92 Å². The monoisotopic (exact) mass is 338 g/mol. The molecule has 1 aliphatic heterocycles. The standard InChI is InChI=1S/C17H14N4O4/c1-9-14-11(16-19-15(21-24-16)10-4-6-22-8-10)7-12(13-3-2-5-23-13)18-17(14)25-20-9/h2-3,5,7,10H,4,6,8H2,1H3/t10-/m0/s1. The third-order valence-electron chi connectivity index (χ3n) is 4.36. The molecule has 8 heteroatoms. The quantitative estimate of drug-likeness (QED) is 0.560. The van der Waals surface area contributed by atoms with E-state index in [1.807, 2.05) is 19.1 Å². The van der Waals surface area contributed by atoms with Crippen molar-refractivity contribution in [2.45, 2.75) is 19.3 Å². The van der Waals surface area contributed by atoms with Crippen LogP contribution in [0.4, 0.5) is 0 Å². The van der Waals surface area contributed by atoms with Crippen molar-refractivity contribution in [1.29, 1.82) is 0 Å². The number of aromatic nitrogens is 4. The van der Waals surface area contributed by atoms with E-state index in [0.29, 0.717) is 41.2 Å². The van der Waals surface area contributed by atoms with Crippen LogP contribution < -0.4 is 0 Å². The summed E-state index contributed by atoms with van der Waals surface area (Å²) >= 11 is 0. The minimum Gasteiger partial charge on any atom is -0.463 e. The fraction of sp³-hybridized carbons (Fsp3) is 0.294. The SMILES string of the molecule is Cc1noc2nc(-c3ccco3)cc(-c3nc([C@H]4CCOC4)no3)c12. The lowest BCUT2D eigenvalue weighted by Crippen LogP contribution is -1.99. The van der Waals surface area contributed by atoms with Crippen LogP contribution in [0.15, 0.2) is 37.9 Å². The van der Waals surface area contributed by atoms with E-state index in [1.54, 1.807) is 12.3 Å². The number of hydrogen-bond acceptors (Lipinski definition) is 8. The van der Waals surface area contributed by atoms with Gasteiger partial charge in [0.25, 0.3) is 11.6 Å². The van der Waals surface area contributed by atoms with Gasteiger partial charge in [0.15, 0.2) is 11.6 Å². The van der Waals surface area contributed by atoms with Gasteiger partial charge in [-0.15, -0.1) is 0 Å². The first kappa shape index (κ1) is 14.4. The molecule has 1 aliphatic rings. The Kier molecular flexibility index (Phi) is 3.17. The molecule has 126 valence electrons. The molecule has 0 bridgehead atoms. The molecule has 0 N–H and O–H groups in total. The van der Waals surface area contributed by atoms with Gasteiger partial charge in [-0.3, -0.25) is 0 Å². The highest BCUT2D eigenvalue weighted by molar-refractivity contribution is 5.93. The van der Waals surface area contributed by atoms with Gasteiger partial charge in [-0.25, -0.2) is 4.98 Å². The summed E-state index contributed by atoms with van der Waals surface area (Å²) in [6.07, 6.45) is 2.49. The number of furan rings is 1. The summed E-state index contributed by atoms with van der Waals surface area (Å²) in [4.78, 5) is 9.05. The van der Waals surface area contributed by atoms with Crippen molar-refractivity contribution in [1.82, 2.24) is 20.3 Å². The summed E-state index contributed by atoms with van der Waals surface area (Å²) in [7, 11) is 0. The Morgan fingerprint density at radius 2 is 2.12 bits per heavy atom. The number of fused-ring (bicyclic) bond motifs is 1. The van der Waals surface area contributed by atoms with Gasteiger partial charge in [0.05, 0.1) is 29.5 Å². The molecule has 0 amide bonds. The maximum atomic E-state index is 5.52. The minimum absolute atomic E-state index is 0.169. The summed E-state index contributed by atoms with van der Waals surface area (Å²) in [6, 6.07) is 5.49. The molecule has 4 aromatic heterocycles. The Hall–Kier alpha value is -3.00. The molecule has 0 aliphatic carbocycles. The molecule has 5 rings (SSSR count). The summed E-state index contributed by atoms with van der Waals surface area (Å²) in [5.41, 5.74) is 2.47. The van der Waals surface area contributed by atoms with E-state index in [4.69, 9.17) is 18.2 Å². The Bertz CT molecular complexity index is 1030. The van der Waals surface area contributed by atoms with Crippen LogP contribution in [0.25, 0.3) is 34.0 Å². The van der Waals surface area contributed by atoms with Crippen molar-refractivity contribution in [3.63, 3.8) is 0 Å². The van der Waals surface area contributed by atoms with Gasteiger partial charge in [-0.05, 0) is 31.5 Å². The first-order chi connectivity index (χ1) is 12.3. The maximum absolute atomic E-state index is 5.52. The lowest BCUT2D eigenvalue weighted by Gasteiger charge is -2.01. The molecule has 0 aromatic carbocycles. The molecule has 0 radical (unpaired) electrons. The molecule has 8 nitrogen and oxygen atoms in total. The molecule has 1 fully saturated rings. The molecular weight excluding hydrogens is 324 g/mol. The van der Waals surface area contributed by atoms with Crippen LogP contribution in [0.1, 0.15) is 23.9 Å². The van der Waals surface area contributed by atoms with E-state index in [0.717, 1.165) is 24.0 Å². The van der Waals surface area contributed by atoms with Gasteiger partial charge in [0, 0.05) is 12.5 Å². The first-order valence-corrected chi connectivity index (χ1v) is 8.02. The van der Waals surface area contributed by atoms with Crippen molar-refractivity contribution in [3.05, 3.63) is 36.0 Å². The van der Waals surface area contributed by atoms with E-state index in [2.05, 4.69) is 20.3 Å². The van der Waals surface area contributed by atoms with Gasteiger partial charge in [0.1, 0.15) is 5.69 Å². The summed E-state index contributed by atoms with van der Waals surface area (Å²) < 4.78 is 21.7. The van der Waals surface area contributed by atoms with Crippen molar-refractivity contribution in [2.75, 3.05) is 13.2 Å². The predicted molar refractivity (Wildman–Crippen MR) is 85.7 cm³/mol. The Balaban J connectivity index is 1.67. The predicted octanol–water partition coefficient (Wildman–Crippen LogP) is 3.35. The highest BCUT2D eigenvalue weighted by atomic mass is 16.5. The number of hydrogen-bond donors (Lipinski definition) is 0. The molecule has 0 spiro atoms.